The van der Waals surface area contributed by atoms with Crippen molar-refractivity contribution < 1.29 is 14.3 Å². The van der Waals surface area contributed by atoms with Gasteiger partial charge in [0, 0.05) is 7.05 Å². The molecule has 8 nitrogen and oxygen atoms in total. The van der Waals surface area contributed by atoms with Gasteiger partial charge in [-0.25, -0.2) is 4.98 Å². The molecule has 0 unspecified atom stereocenters. The van der Waals surface area contributed by atoms with Crippen LogP contribution in [0.2, 0.25) is 5.02 Å². The molecule has 2 aliphatic heterocycles. The lowest BCUT2D eigenvalue weighted by Gasteiger charge is -2.52. The van der Waals surface area contributed by atoms with Gasteiger partial charge < -0.3 is 24.6 Å². The van der Waals surface area contributed by atoms with Gasteiger partial charge in [0.05, 0.1) is 30.1 Å². The minimum atomic E-state index is -0.191. The standard InChI is InChI=1S/C31H34ClN5O3/c1-36-13-11-30(12-14-36)16-20(17-30)19-7-8-23(25(15-19)39-3)34-29-33-18-22(32)27(35-29)40-24-6-4-5-21-26(24)28(38)37(2)31(21)9-10-31/h4-8,15,18,20H,9-14,16-17H2,1-3H3,(H,33,34,35). The summed E-state index contributed by atoms with van der Waals surface area (Å²) in [4.78, 5) is 26.3. The summed E-state index contributed by atoms with van der Waals surface area (Å²) in [5, 5.41) is 3.53. The smallest absolute Gasteiger partial charge is 0.258 e. The van der Waals surface area contributed by atoms with Gasteiger partial charge in [0.1, 0.15) is 16.5 Å². The lowest BCUT2D eigenvalue weighted by Crippen LogP contribution is -2.45. The number of piperidine rings is 1. The predicted molar refractivity (Wildman–Crippen MR) is 154 cm³/mol. The number of amides is 1. The molecule has 1 N–H and O–H groups in total. The number of hydrogen-bond donors (Lipinski definition) is 1. The summed E-state index contributed by atoms with van der Waals surface area (Å²) < 4.78 is 11.9. The quantitative estimate of drug-likeness (QED) is 0.377. The van der Waals surface area contributed by atoms with E-state index in [1.807, 2.05) is 30.1 Å². The molecule has 7 rings (SSSR count). The maximum absolute atomic E-state index is 13.1. The van der Waals surface area contributed by atoms with Gasteiger partial charge >= 0.3 is 0 Å². The Morgan fingerprint density at radius 2 is 1.82 bits per heavy atom. The van der Waals surface area contributed by atoms with Crippen LogP contribution in [0, 0.1) is 5.41 Å². The van der Waals surface area contributed by atoms with E-state index in [1.165, 1.54) is 50.5 Å². The summed E-state index contributed by atoms with van der Waals surface area (Å²) in [7, 11) is 5.75. The monoisotopic (exact) mass is 559 g/mol. The van der Waals surface area contributed by atoms with Gasteiger partial charge in [-0.3, -0.25) is 4.79 Å². The maximum atomic E-state index is 13.1. The van der Waals surface area contributed by atoms with Crippen molar-refractivity contribution in [2.24, 2.45) is 5.41 Å². The molecule has 0 radical (unpaired) electrons. The number of nitrogens with one attached hydrogen (secondary N) is 1. The molecule has 1 saturated heterocycles. The molecule has 2 spiro atoms. The minimum absolute atomic E-state index is 0.0374. The Balaban J connectivity index is 1.09. The highest BCUT2D eigenvalue weighted by atomic mass is 35.5. The van der Waals surface area contributed by atoms with E-state index < -0.39 is 0 Å². The number of benzene rings is 2. The number of fused-ring (bicyclic) bond motifs is 2. The second kappa shape index (κ2) is 9.35. The number of methoxy groups -OCH3 is 1. The number of hydrogen-bond acceptors (Lipinski definition) is 7. The van der Waals surface area contributed by atoms with E-state index in [1.54, 1.807) is 13.2 Å². The zero-order valence-corrected chi connectivity index (χ0v) is 23.9. The molecule has 4 aliphatic rings. The predicted octanol–water partition coefficient (Wildman–Crippen LogP) is 6.34. The largest absolute Gasteiger partial charge is 0.495 e. The van der Waals surface area contributed by atoms with Crippen molar-refractivity contribution in [2.45, 2.75) is 50.0 Å². The van der Waals surface area contributed by atoms with Crippen molar-refractivity contribution in [1.29, 1.82) is 0 Å². The van der Waals surface area contributed by atoms with Crippen LogP contribution < -0.4 is 14.8 Å². The van der Waals surface area contributed by atoms with Gasteiger partial charge in [-0.15, -0.1) is 0 Å². The fourth-order valence-electron chi connectivity index (χ4n) is 6.99. The Morgan fingerprint density at radius 1 is 1.05 bits per heavy atom. The van der Waals surface area contributed by atoms with Crippen LogP contribution in [0.15, 0.2) is 42.6 Å². The van der Waals surface area contributed by atoms with Crippen molar-refractivity contribution in [3.63, 3.8) is 0 Å². The van der Waals surface area contributed by atoms with E-state index in [0.717, 1.165) is 29.8 Å². The van der Waals surface area contributed by atoms with Crippen LogP contribution in [0.3, 0.4) is 0 Å². The number of halogens is 1. The first-order valence-corrected chi connectivity index (χ1v) is 14.4. The summed E-state index contributed by atoms with van der Waals surface area (Å²) in [5.41, 5.74) is 4.01. The Bertz CT molecular complexity index is 1490. The number of nitrogens with zero attached hydrogens (tertiary/aromatic N) is 4. The van der Waals surface area contributed by atoms with Gasteiger partial charge in [0.15, 0.2) is 0 Å². The topological polar surface area (TPSA) is 79.8 Å². The molecule has 2 saturated carbocycles. The Hall–Kier alpha value is -3.36. The second-order valence-corrected chi connectivity index (χ2v) is 12.4. The van der Waals surface area contributed by atoms with Gasteiger partial charge in [-0.05, 0) is 99.3 Å². The Labute approximate surface area is 239 Å². The molecule has 2 aliphatic carbocycles. The highest BCUT2D eigenvalue weighted by Gasteiger charge is 2.57. The molecule has 1 amide bonds. The SMILES string of the molecule is COc1cc(C2CC3(CCN(C)CC3)C2)ccc1Nc1ncc(Cl)c(Oc2cccc3c2C(=O)N(C)C32CC2)n1. The molecule has 3 aromatic rings. The van der Waals surface area contributed by atoms with Crippen LogP contribution in [-0.2, 0) is 5.54 Å². The average molecular weight is 560 g/mol. The van der Waals surface area contributed by atoms with Crippen molar-refractivity contribution >= 4 is 29.1 Å². The molecule has 0 bridgehead atoms. The molecular formula is C31H34ClN5O3. The van der Waals surface area contributed by atoms with Crippen LogP contribution in [0.25, 0.3) is 0 Å². The first kappa shape index (κ1) is 25.6. The van der Waals surface area contributed by atoms with E-state index in [9.17, 15) is 4.79 Å². The third kappa shape index (κ3) is 4.11. The van der Waals surface area contributed by atoms with Crippen molar-refractivity contribution in [3.05, 3.63) is 64.3 Å². The van der Waals surface area contributed by atoms with Gasteiger partial charge in [0.2, 0.25) is 11.8 Å². The molecule has 0 atom stereocenters. The number of anilines is 2. The molecule has 2 aromatic carbocycles. The Morgan fingerprint density at radius 3 is 2.55 bits per heavy atom. The first-order chi connectivity index (χ1) is 19.3. The summed E-state index contributed by atoms with van der Waals surface area (Å²) in [6.07, 6.45) is 8.53. The summed E-state index contributed by atoms with van der Waals surface area (Å²) >= 11 is 6.44. The van der Waals surface area contributed by atoms with E-state index in [2.05, 4.69) is 39.4 Å². The lowest BCUT2D eigenvalue weighted by molar-refractivity contribution is 0.0238. The number of carbonyl (C=O) groups excluding carboxylic acids is 1. The molecule has 9 heteroatoms. The molecular weight excluding hydrogens is 526 g/mol. The van der Waals surface area contributed by atoms with Crippen molar-refractivity contribution in [1.82, 2.24) is 19.8 Å². The third-order valence-corrected chi connectivity index (χ3v) is 9.94. The highest BCUT2D eigenvalue weighted by Crippen LogP contribution is 2.58. The minimum Gasteiger partial charge on any atom is -0.495 e. The Kier molecular flexibility index (Phi) is 5.98. The van der Waals surface area contributed by atoms with Gasteiger partial charge in [0.25, 0.3) is 5.91 Å². The van der Waals surface area contributed by atoms with E-state index >= 15 is 0 Å². The molecule has 40 heavy (non-hydrogen) atoms. The number of aromatic nitrogens is 2. The van der Waals surface area contributed by atoms with E-state index in [0.29, 0.717) is 28.6 Å². The van der Waals surface area contributed by atoms with Crippen LogP contribution in [0.4, 0.5) is 11.6 Å². The zero-order valence-electron chi connectivity index (χ0n) is 23.2. The summed E-state index contributed by atoms with van der Waals surface area (Å²) in [6, 6.07) is 12.0. The molecule has 208 valence electrons. The highest BCUT2D eigenvalue weighted by molar-refractivity contribution is 6.31. The van der Waals surface area contributed by atoms with Crippen LogP contribution in [-0.4, -0.2) is 60.0 Å². The molecule has 3 fully saturated rings. The van der Waals surface area contributed by atoms with Gasteiger partial charge in [-0.1, -0.05) is 29.8 Å². The zero-order chi connectivity index (χ0) is 27.6. The van der Waals surface area contributed by atoms with Crippen LogP contribution in [0.5, 0.6) is 17.4 Å². The lowest BCUT2D eigenvalue weighted by atomic mass is 9.56. The fraction of sp³-hybridized carbons (Fsp3) is 0.452. The average Bonchev–Trinajstić information content (AvgIpc) is 3.72. The first-order valence-electron chi connectivity index (χ1n) is 14.1. The maximum Gasteiger partial charge on any atom is 0.258 e. The van der Waals surface area contributed by atoms with Crippen molar-refractivity contribution in [3.8, 4) is 17.4 Å². The van der Waals surface area contributed by atoms with Gasteiger partial charge in [-0.2, -0.15) is 4.98 Å². The number of likely N-dealkylation sites (tertiary alicyclic amines) is 1. The molecule has 1 aromatic heterocycles. The normalized spacial score (nSPS) is 20.9. The fourth-order valence-corrected chi connectivity index (χ4v) is 7.12. The molecule has 3 heterocycles. The third-order valence-electron chi connectivity index (χ3n) is 9.68. The number of ether oxygens (including phenoxy) is 2. The van der Waals surface area contributed by atoms with E-state index in [-0.39, 0.29) is 22.3 Å². The van der Waals surface area contributed by atoms with E-state index in [4.69, 9.17) is 21.1 Å². The number of carbonyl (C=O) groups is 1. The van der Waals surface area contributed by atoms with Crippen LogP contribution in [0.1, 0.15) is 65.9 Å². The number of rotatable bonds is 6. The summed E-state index contributed by atoms with van der Waals surface area (Å²) in [5.74, 6) is 2.25. The van der Waals surface area contributed by atoms with Crippen LogP contribution >= 0.6 is 11.6 Å². The second-order valence-electron chi connectivity index (χ2n) is 12.0. The summed E-state index contributed by atoms with van der Waals surface area (Å²) in [6.45, 7) is 2.40. The van der Waals surface area contributed by atoms with Crippen molar-refractivity contribution in [2.75, 3.05) is 39.6 Å².